The van der Waals surface area contributed by atoms with Crippen LogP contribution in [-0.2, 0) is 65.8 Å². The number of benzene rings is 2. The summed E-state index contributed by atoms with van der Waals surface area (Å²) >= 11 is 0. The van der Waals surface area contributed by atoms with Crippen molar-refractivity contribution in [2.45, 2.75) is 181 Å². The van der Waals surface area contributed by atoms with Crippen molar-refractivity contribution >= 4 is 45.5 Å². The van der Waals surface area contributed by atoms with Crippen molar-refractivity contribution in [1.82, 2.24) is 31.3 Å². The minimum Gasteiger partial charge on any atom is -0.487 e. The van der Waals surface area contributed by atoms with Crippen molar-refractivity contribution in [1.29, 1.82) is 0 Å². The van der Waals surface area contributed by atoms with E-state index in [0.717, 1.165) is 49.7 Å². The van der Waals surface area contributed by atoms with Crippen LogP contribution in [0.3, 0.4) is 0 Å². The maximum absolute atomic E-state index is 14.3. The molecule has 440 valence electrons. The summed E-state index contributed by atoms with van der Waals surface area (Å²) in [6.45, 7) is 21.5. The largest absolute Gasteiger partial charge is 0.487 e. The molecule has 2 aromatic carbocycles. The smallest absolute Gasteiger partial charge is 0.264 e. The summed E-state index contributed by atoms with van der Waals surface area (Å²) in [5, 5.41) is 14.1. The van der Waals surface area contributed by atoms with Crippen molar-refractivity contribution in [3.8, 4) is 5.75 Å². The summed E-state index contributed by atoms with van der Waals surface area (Å²) in [5.74, 6) is -3.32. The Balaban J connectivity index is 1.80. The zero-order chi connectivity index (χ0) is 58.1. The molecule has 1 aliphatic heterocycles. The van der Waals surface area contributed by atoms with Gasteiger partial charge in [-0.1, -0.05) is 83.2 Å². The molecule has 2 aromatic rings. The van der Waals surface area contributed by atoms with Crippen LogP contribution in [0.5, 0.6) is 5.75 Å². The molecular weight excluding hydrogens is 1020 g/mol. The fourth-order valence-electron chi connectivity index (χ4n) is 8.69. The highest BCUT2D eigenvalue weighted by atomic mass is 32.2. The Morgan fingerprint density at radius 3 is 2.01 bits per heavy atom. The lowest BCUT2D eigenvalue weighted by molar-refractivity contribution is -0.137. The average molecular weight is 1120 g/mol. The number of amides is 5. The predicted octanol–water partition coefficient (Wildman–Crippen LogP) is 3.84. The number of nitrogens with one attached hydrogen (secondary N) is 6. The summed E-state index contributed by atoms with van der Waals surface area (Å²) < 4.78 is 58.5. The zero-order valence-electron chi connectivity index (χ0n) is 48.3. The molecule has 0 radical (unpaired) electrons. The first-order chi connectivity index (χ1) is 36.8. The van der Waals surface area contributed by atoms with Crippen LogP contribution >= 0.6 is 0 Å². The van der Waals surface area contributed by atoms with Gasteiger partial charge in [-0.25, -0.2) is 13.1 Å². The Morgan fingerprint density at radius 2 is 1.37 bits per heavy atom. The van der Waals surface area contributed by atoms with Gasteiger partial charge in [0.05, 0.1) is 50.1 Å². The monoisotopic (exact) mass is 1120 g/mol. The number of nitrogens with zero attached hydrogens (tertiary/aromatic N) is 1. The van der Waals surface area contributed by atoms with E-state index in [1.165, 1.54) is 0 Å². The van der Waals surface area contributed by atoms with Gasteiger partial charge in [-0.2, -0.15) is 0 Å². The van der Waals surface area contributed by atoms with Crippen molar-refractivity contribution in [3.05, 3.63) is 58.1 Å². The second kappa shape index (κ2) is 33.3. The lowest BCUT2D eigenvalue weighted by atomic mass is 9.94. The van der Waals surface area contributed by atoms with E-state index in [1.807, 2.05) is 51.1 Å². The lowest BCUT2D eigenvalue weighted by Crippen LogP contribution is -2.60. The van der Waals surface area contributed by atoms with E-state index in [9.17, 15) is 32.4 Å². The summed E-state index contributed by atoms with van der Waals surface area (Å²) in [6.07, 6.45) is 7.08. The molecule has 21 nitrogen and oxygen atoms in total. The number of rotatable bonds is 36. The fourth-order valence-corrected chi connectivity index (χ4v) is 10.2. The minimum atomic E-state index is -4.20. The molecule has 1 aliphatic rings. The van der Waals surface area contributed by atoms with Crippen molar-refractivity contribution in [3.63, 3.8) is 0 Å². The highest BCUT2D eigenvalue weighted by Crippen LogP contribution is 2.43. The topological polar surface area (TPSA) is 302 Å². The van der Waals surface area contributed by atoms with Gasteiger partial charge in [0.1, 0.15) is 42.1 Å². The maximum atomic E-state index is 14.3. The molecule has 0 bridgehead atoms. The van der Waals surface area contributed by atoms with Crippen LogP contribution < -0.4 is 47.5 Å². The van der Waals surface area contributed by atoms with Gasteiger partial charge in [-0.3, -0.25) is 29.0 Å². The summed E-state index contributed by atoms with van der Waals surface area (Å²) in [4.78, 5) is 74.2. The van der Waals surface area contributed by atoms with E-state index in [-0.39, 0.29) is 62.4 Å². The van der Waals surface area contributed by atoms with Crippen LogP contribution in [0.25, 0.3) is 0 Å². The number of unbranched alkanes of at least 4 members (excludes halogenated alkanes) is 5. The molecule has 5 amide bonds. The van der Waals surface area contributed by atoms with Gasteiger partial charge in [0.25, 0.3) is 10.0 Å². The molecule has 0 aliphatic carbocycles. The second-order valence-electron chi connectivity index (χ2n) is 21.8. The Morgan fingerprint density at radius 1 is 0.756 bits per heavy atom. The average Bonchev–Trinajstić information content (AvgIpc) is 3.72. The standard InChI is InChI=1S/C56H93N9O12S/c1-12-13-14-15-16-20-26-59-50(67)44(33-41-22-18-17-19-23-41)62-52(69)45(35-76-55(7,8)9)63-53(70)47(37(2)3)64-51(68)43(61-46(66)36-75-32-31-74-30-29-73-28-25-57)24-21-27-60-54(58)65-78(71,72)49-39(5)38(4)48-42(40(49)6)34-56(10,11)77-48/h17-19,22-23,37,43-45,47H,12-16,20-21,24-36,57H2,1-11H3,(H,59,67)(H,61,66)(H,62,69)(H,63,70)(H,64,68)(H3,58,60,65). The van der Waals surface area contributed by atoms with Crippen molar-refractivity contribution < 1.29 is 56.1 Å². The van der Waals surface area contributed by atoms with Crippen LogP contribution in [0.15, 0.2) is 40.2 Å². The highest BCUT2D eigenvalue weighted by Gasteiger charge is 2.37. The molecule has 0 fully saturated rings. The third-order valence-electron chi connectivity index (χ3n) is 12.9. The molecule has 0 saturated heterocycles. The number of fused-ring (bicyclic) bond motifs is 1. The Hall–Kier alpha value is -5.39. The maximum Gasteiger partial charge on any atom is 0.264 e. The van der Waals surface area contributed by atoms with E-state index >= 15 is 0 Å². The number of sulfonamides is 1. The quantitative estimate of drug-likeness (QED) is 0.0273. The minimum absolute atomic E-state index is 0.0222. The first-order valence-electron chi connectivity index (χ1n) is 27.5. The molecule has 0 saturated carbocycles. The summed E-state index contributed by atoms with van der Waals surface area (Å²) in [7, 11) is -4.20. The van der Waals surface area contributed by atoms with Crippen LogP contribution in [0, 0.1) is 26.7 Å². The number of ether oxygens (including phenoxy) is 5. The molecule has 4 atom stereocenters. The van der Waals surface area contributed by atoms with Crippen LogP contribution in [0.2, 0.25) is 0 Å². The van der Waals surface area contributed by atoms with Gasteiger partial charge in [0.15, 0.2) is 0 Å². The van der Waals surface area contributed by atoms with Gasteiger partial charge < -0.3 is 61.7 Å². The van der Waals surface area contributed by atoms with E-state index in [1.54, 1.807) is 48.5 Å². The number of aliphatic imine (C=N–C) groups is 1. The first-order valence-corrected chi connectivity index (χ1v) is 29.0. The van der Waals surface area contributed by atoms with Crippen LogP contribution in [0.4, 0.5) is 0 Å². The summed E-state index contributed by atoms with van der Waals surface area (Å²) in [6, 6.07) is 4.55. The van der Waals surface area contributed by atoms with Gasteiger partial charge >= 0.3 is 0 Å². The number of nitrogens with two attached hydrogens (primary N) is 2. The van der Waals surface area contributed by atoms with Crippen LogP contribution in [-0.4, -0.2) is 145 Å². The van der Waals surface area contributed by atoms with Gasteiger partial charge in [-0.15, -0.1) is 0 Å². The summed E-state index contributed by atoms with van der Waals surface area (Å²) in [5.41, 5.74) is 13.8. The van der Waals surface area contributed by atoms with E-state index in [4.69, 9.17) is 35.2 Å². The molecule has 0 aromatic heterocycles. The lowest BCUT2D eigenvalue weighted by Gasteiger charge is -2.29. The first kappa shape index (κ1) is 66.9. The number of carbonyl (C=O) groups is 5. The molecule has 3 rings (SSSR count). The molecule has 78 heavy (non-hydrogen) atoms. The Kier molecular flexibility index (Phi) is 28.5. The third-order valence-corrected chi connectivity index (χ3v) is 14.6. The number of hydrogen-bond donors (Lipinski definition) is 8. The van der Waals surface area contributed by atoms with Gasteiger partial charge in [0.2, 0.25) is 35.5 Å². The van der Waals surface area contributed by atoms with E-state index in [2.05, 4.69) is 43.2 Å². The zero-order valence-corrected chi connectivity index (χ0v) is 49.1. The number of carbonyl (C=O) groups excluding carboxylic acids is 5. The van der Waals surface area contributed by atoms with Crippen molar-refractivity contribution in [2.75, 3.05) is 65.9 Å². The third kappa shape index (κ3) is 23.5. The Bertz CT molecular complexity index is 2380. The fraction of sp³-hybridized carbons (Fsp3) is 0.679. The van der Waals surface area contributed by atoms with E-state index in [0.29, 0.717) is 61.8 Å². The van der Waals surface area contributed by atoms with Gasteiger partial charge in [-0.05, 0) is 103 Å². The van der Waals surface area contributed by atoms with Crippen LogP contribution in [0.1, 0.15) is 135 Å². The normalized spacial score (nSPS) is 14.9. The molecule has 1 heterocycles. The molecule has 10 N–H and O–H groups in total. The predicted molar refractivity (Wildman–Crippen MR) is 301 cm³/mol. The SMILES string of the molecule is CCCCCCCCNC(=O)C(Cc1ccccc1)NC(=O)C(COC(C)(C)C)NC(=O)C(NC(=O)C(CCCN=C(N)NS(=O)(=O)c1c(C)c(C)c2c(c1C)CC(C)(C)O2)NC(=O)COCCOCCOCCN)C(C)C. The molecule has 4 unspecified atom stereocenters. The molecule has 0 spiro atoms. The van der Waals surface area contributed by atoms with E-state index < -0.39 is 81.5 Å². The Labute approximate surface area is 464 Å². The van der Waals surface area contributed by atoms with Gasteiger partial charge in [0, 0.05) is 38.0 Å². The number of guanidine groups is 1. The second-order valence-corrected chi connectivity index (χ2v) is 23.4. The molecular formula is C56H93N9O12S. The highest BCUT2D eigenvalue weighted by molar-refractivity contribution is 7.90. The number of hydrogen-bond acceptors (Lipinski definition) is 14. The molecule has 22 heteroatoms. The van der Waals surface area contributed by atoms with Crippen molar-refractivity contribution in [2.24, 2.45) is 22.4 Å².